The molecule has 1 amide bonds. The maximum Gasteiger partial charge on any atom is 0.261 e. The van der Waals surface area contributed by atoms with Gasteiger partial charge in [0.2, 0.25) is 6.29 Å². The van der Waals surface area contributed by atoms with Crippen LogP contribution in [0.5, 0.6) is 5.75 Å². The molecule has 2 heterocycles. The summed E-state index contributed by atoms with van der Waals surface area (Å²) in [7, 11) is 1.51. The van der Waals surface area contributed by atoms with Gasteiger partial charge in [-0.05, 0) is 12.1 Å². The standard InChI is InChI=1S/C17H15NO4/c1-21-15-14(10-6-2-5-9-13(10)22-15)17(20)11-7-3-4-8-12(11)18-16(17)19/h2-9,14-15,20H,1H3,(H,18,19). The van der Waals surface area contributed by atoms with Gasteiger partial charge < -0.3 is 19.9 Å². The van der Waals surface area contributed by atoms with E-state index in [0.29, 0.717) is 17.0 Å². The third kappa shape index (κ3) is 1.58. The molecule has 0 saturated carbocycles. The summed E-state index contributed by atoms with van der Waals surface area (Å²) in [6.07, 6.45) is -0.723. The minimum absolute atomic E-state index is 0.457. The molecule has 0 aliphatic carbocycles. The van der Waals surface area contributed by atoms with E-state index in [4.69, 9.17) is 9.47 Å². The molecule has 0 radical (unpaired) electrons. The molecular formula is C17H15NO4. The van der Waals surface area contributed by atoms with Crippen LogP contribution in [0.2, 0.25) is 0 Å². The maximum atomic E-state index is 12.5. The molecule has 0 spiro atoms. The number of benzene rings is 2. The van der Waals surface area contributed by atoms with E-state index in [1.54, 1.807) is 18.2 Å². The number of para-hydroxylation sites is 2. The molecule has 0 fully saturated rings. The number of carbonyl (C=O) groups excluding carboxylic acids is 1. The number of fused-ring (bicyclic) bond motifs is 2. The second-order valence-corrected chi connectivity index (χ2v) is 5.50. The Hall–Kier alpha value is -2.37. The number of amides is 1. The summed E-state index contributed by atoms with van der Waals surface area (Å²) >= 11 is 0. The zero-order valence-corrected chi connectivity index (χ0v) is 11.9. The molecular weight excluding hydrogens is 282 g/mol. The van der Waals surface area contributed by atoms with Gasteiger partial charge in [0, 0.05) is 23.9 Å². The van der Waals surface area contributed by atoms with Gasteiger partial charge in [0.25, 0.3) is 5.91 Å². The smallest absolute Gasteiger partial charge is 0.261 e. The number of rotatable bonds is 2. The first kappa shape index (κ1) is 13.3. The number of aliphatic hydroxyl groups is 1. The van der Waals surface area contributed by atoms with Gasteiger partial charge in [0.1, 0.15) is 5.75 Å². The lowest BCUT2D eigenvalue weighted by atomic mass is 9.78. The summed E-state index contributed by atoms with van der Waals surface area (Å²) in [6, 6.07) is 14.5. The Kier molecular flexibility index (Phi) is 2.76. The van der Waals surface area contributed by atoms with Gasteiger partial charge in [0.05, 0.1) is 5.92 Å². The van der Waals surface area contributed by atoms with Crippen LogP contribution >= 0.6 is 0 Å². The van der Waals surface area contributed by atoms with E-state index in [2.05, 4.69) is 5.32 Å². The zero-order chi connectivity index (χ0) is 15.3. The minimum atomic E-state index is -1.72. The van der Waals surface area contributed by atoms with Gasteiger partial charge in [-0.2, -0.15) is 0 Å². The molecule has 2 aromatic rings. The Morgan fingerprint density at radius 3 is 2.73 bits per heavy atom. The SMILES string of the molecule is COC1Oc2ccccc2C1C1(O)C(=O)Nc2ccccc21. The molecule has 2 N–H and O–H groups in total. The Morgan fingerprint density at radius 2 is 1.91 bits per heavy atom. The third-order valence-electron chi connectivity index (χ3n) is 4.38. The lowest BCUT2D eigenvalue weighted by Gasteiger charge is -2.30. The zero-order valence-electron chi connectivity index (χ0n) is 11.9. The molecule has 5 heteroatoms. The fraction of sp³-hybridized carbons (Fsp3) is 0.235. The Labute approximate surface area is 127 Å². The first-order valence-corrected chi connectivity index (χ1v) is 7.08. The highest BCUT2D eigenvalue weighted by atomic mass is 16.7. The Balaban J connectivity index is 1.91. The van der Waals surface area contributed by atoms with Crippen molar-refractivity contribution in [1.82, 2.24) is 0 Å². The molecule has 3 atom stereocenters. The van der Waals surface area contributed by atoms with E-state index in [-0.39, 0.29) is 0 Å². The third-order valence-corrected chi connectivity index (χ3v) is 4.38. The van der Waals surface area contributed by atoms with Crippen molar-refractivity contribution in [2.45, 2.75) is 17.8 Å². The van der Waals surface area contributed by atoms with Gasteiger partial charge in [0.15, 0.2) is 5.60 Å². The molecule has 2 aliphatic heterocycles. The van der Waals surface area contributed by atoms with E-state index >= 15 is 0 Å². The van der Waals surface area contributed by atoms with E-state index in [9.17, 15) is 9.90 Å². The van der Waals surface area contributed by atoms with Crippen molar-refractivity contribution in [3.63, 3.8) is 0 Å². The second-order valence-electron chi connectivity index (χ2n) is 5.50. The quantitative estimate of drug-likeness (QED) is 0.889. The van der Waals surface area contributed by atoms with Crippen molar-refractivity contribution in [3.05, 3.63) is 59.7 Å². The molecule has 0 bridgehead atoms. The number of ether oxygens (including phenoxy) is 2. The van der Waals surface area contributed by atoms with Crippen molar-refractivity contribution in [2.75, 3.05) is 12.4 Å². The van der Waals surface area contributed by atoms with Crippen LogP contribution in [-0.4, -0.2) is 24.4 Å². The molecule has 4 rings (SSSR count). The van der Waals surface area contributed by atoms with Crippen LogP contribution in [0.4, 0.5) is 5.69 Å². The minimum Gasteiger partial charge on any atom is -0.464 e. The summed E-state index contributed by atoms with van der Waals surface area (Å²) in [5, 5.41) is 14.0. The number of methoxy groups -OCH3 is 1. The van der Waals surface area contributed by atoms with E-state index in [0.717, 1.165) is 5.56 Å². The van der Waals surface area contributed by atoms with Crippen LogP contribution in [0.1, 0.15) is 17.0 Å². The van der Waals surface area contributed by atoms with Crippen molar-refractivity contribution in [1.29, 1.82) is 0 Å². The van der Waals surface area contributed by atoms with Gasteiger partial charge >= 0.3 is 0 Å². The predicted octanol–water partition coefficient (Wildman–Crippen LogP) is 1.97. The average molecular weight is 297 g/mol. The predicted molar refractivity (Wildman–Crippen MR) is 79.6 cm³/mol. The Morgan fingerprint density at radius 1 is 1.18 bits per heavy atom. The lowest BCUT2D eigenvalue weighted by molar-refractivity contribution is -0.150. The van der Waals surface area contributed by atoms with Crippen LogP contribution in [0.25, 0.3) is 0 Å². The number of carbonyl (C=O) groups is 1. The van der Waals surface area contributed by atoms with Gasteiger partial charge in [-0.25, -0.2) is 0 Å². The first-order chi connectivity index (χ1) is 10.7. The van der Waals surface area contributed by atoms with E-state index in [1.165, 1.54) is 7.11 Å². The molecule has 22 heavy (non-hydrogen) atoms. The second kappa shape index (κ2) is 4.56. The van der Waals surface area contributed by atoms with Gasteiger partial charge in [-0.3, -0.25) is 4.79 Å². The largest absolute Gasteiger partial charge is 0.464 e. The van der Waals surface area contributed by atoms with E-state index in [1.807, 2.05) is 30.3 Å². The van der Waals surface area contributed by atoms with Crippen LogP contribution in [0.3, 0.4) is 0 Å². The van der Waals surface area contributed by atoms with E-state index < -0.39 is 23.7 Å². The molecule has 0 saturated heterocycles. The van der Waals surface area contributed by atoms with Crippen LogP contribution in [0, 0.1) is 0 Å². The van der Waals surface area contributed by atoms with Gasteiger partial charge in [-0.15, -0.1) is 0 Å². The van der Waals surface area contributed by atoms with Crippen molar-refractivity contribution < 1.29 is 19.4 Å². The van der Waals surface area contributed by atoms with Gasteiger partial charge in [-0.1, -0.05) is 36.4 Å². The highest BCUT2D eigenvalue weighted by molar-refractivity contribution is 6.05. The number of nitrogens with one attached hydrogen (secondary N) is 1. The normalized spacial score (nSPS) is 28.7. The molecule has 5 nitrogen and oxygen atoms in total. The molecule has 2 aliphatic rings. The fourth-order valence-corrected chi connectivity index (χ4v) is 3.36. The molecule has 0 aromatic heterocycles. The van der Waals surface area contributed by atoms with Crippen molar-refractivity contribution >= 4 is 11.6 Å². The van der Waals surface area contributed by atoms with Crippen LogP contribution in [0.15, 0.2) is 48.5 Å². The van der Waals surface area contributed by atoms with Crippen LogP contribution in [-0.2, 0) is 15.1 Å². The van der Waals surface area contributed by atoms with Crippen LogP contribution < -0.4 is 10.1 Å². The number of anilines is 1. The summed E-state index contributed by atoms with van der Waals surface area (Å²) in [4.78, 5) is 12.5. The molecule has 112 valence electrons. The Bertz CT molecular complexity index is 760. The fourth-order valence-electron chi connectivity index (χ4n) is 3.36. The summed E-state index contributed by atoms with van der Waals surface area (Å²) in [5.74, 6) is -0.455. The lowest BCUT2D eigenvalue weighted by Crippen LogP contribution is -2.45. The highest BCUT2D eigenvalue weighted by Gasteiger charge is 2.58. The number of hydrogen-bond acceptors (Lipinski definition) is 4. The molecule has 3 unspecified atom stereocenters. The summed E-state index contributed by atoms with van der Waals surface area (Å²) in [6.45, 7) is 0. The number of hydrogen-bond donors (Lipinski definition) is 2. The summed E-state index contributed by atoms with van der Waals surface area (Å²) in [5.41, 5.74) is 0.217. The first-order valence-electron chi connectivity index (χ1n) is 7.08. The monoisotopic (exact) mass is 297 g/mol. The molecule has 2 aromatic carbocycles. The maximum absolute atomic E-state index is 12.5. The topological polar surface area (TPSA) is 67.8 Å². The average Bonchev–Trinajstić information content (AvgIpc) is 3.04. The van der Waals surface area contributed by atoms with Crippen molar-refractivity contribution in [2.24, 2.45) is 0 Å². The summed E-state index contributed by atoms with van der Waals surface area (Å²) < 4.78 is 11.1. The van der Waals surface area contributed by atoms with Crippen molar-refractivity contribution in [3.8, 4) is 5.75 Å². The highest BCUT2D eigenvalue weighted by Crippen LogP contribution is 2.52.